The molecule has 2 unspecified atom stereocenters. The molecule has 1 aliphatic heterocycles. The van der Waals surface area contributed by atoms with Gasteiger partial charge in [-0.25, -0.2) is 0 Å². The second-order valence-electron chi connectivity index (χ2n) is 5.72. The van der Waals surface area contributed by atoms with E-state index in [-0.39, 0.29) is 0 Å². The van der Waals surface area contributed by atoms with Crippen molar-refractivity contribution in [2.75, 3.05) is 13.1 Å². The highest BCUT2D eigenvalue weighted by Crippen LogP contribution is 2.15. The van der Waals surface area contributed by atoms with E-state index >= 15 is 0 Å². The number of nitrogens with zero attached hydrogens (tertiary/aromatic N) is 1. The summed E-state index contributed by atoms with van der Waals surface area (Å²) in [6, 6.07) is 5.82. The molecule has 18 heavy (non-hydrogen) atoms. The Morgan fingerprint density at radius 3 is 2.83 bits per heavy atom. The Kier molecular flexibility index (Phi) is 4.84. The Morgan fingerprint density at radius 2 is 2.28 bits per heavy atom. The molecule has 0 aliphatic carbocycles. The maximum Gasteiger partial charge on any atom is 0.105 e. The minimum absolute atomic E-state index is 0.526. The quantitative estimate of drug-likeness (QED) is 0.841. The fourth-order valence-corrected chi connectivity index (χ4v) is 2.90. The summed E-state index contributed by atoms with van der Waals surface area (Å²) >= 11 is 0. The Morgan fingerprint density at radius 1 is 1.44 bits per heavy atom. The van der Waals surface area contributed by atoms with E-state index in [9.17, 15) is 0 Å². The van der Waals surface area contributed by atoms with E-state index in [0.29, 0.717) is 18.1 Å². The third kappa shape index (κ3) is 3.59. The lowest BCUT2D eigenvalue weighted by atomic mass is 10.1. The summed E-state index contributed by atoms with van der Waals surface area (Å²) in [5.74, 6) is 1.09. The number of hydrogen-bond donors (Lipinski definition) is 1. The van der Waals surface area contributed by atoms with Crippen molar-refractivity contribution < 1.29 is 4.42 Å². The maximum absolute atomic E-state index is 5.46. The largest absolute Gasteiger partial charge is 0.469 e. The highest BCUT2D eigenvalue weighted by molar-refractivity contribution is 5.00. The summed E-state index contributed by atoms with van der Waals surface area (Å²) < 4.78 is 5.46. The van der Waals surface area contributed by atoms with E-state index in [2.05, 4.69) is 37.1 Å². The lowest BCUT2D eigenvalue weighted by molar-refractivity contribution is 0.144. The zero-order valence-corrected chi connectivity index (χ0v) is 11.9. The van der Waals surface area contributed by atoms with Crippen LogP contribution in [0.5, 0.6) is 0 Å². The summed E-state index contributed by atoms with van der Waals surface area (Å²) in [5, 5.41) is 3.59. The van der Waals surface area contributed by atoms with Crippen molar-refractivity contribution in [2.45, 2.75) is 58.2 Å². The zero-order chi connectivity index (χ0) is 13.0. The molecule has 0 amide bonds. The predicted molar refractivity (Wildman–Crippen MR) is 74.7 cm³/mol. The number of nitrogens with one attached hydrogen (secondary N) is 1. The highest BCUT2D eigenvalue weighted by Gasteiger charge is 2.23. The molecule has 2 atom stereocenters. The fourth-order valence-electron chi connectivity index (χ4n) is 2.90. The molecule has 0 radical (unpaired) electrons. The molecule has 1 aromatic rings. The van der Waals surface area contributed by atoms with E-state index in [1.54, 1.807) is 6.26 Å². The van der Waals surface area contributed by atoms with Crippen molar-refractivity contribution in [1.82, 2.24) is 10.2 Å². The van der Waals surface area contributed by atoms with E-state index in [1.165, 1.54) is 19.4 Å². The lowest BCUT2D eigenvalue weighted by Gasteiger charge is -2.34. The van der Waals surface area contributed by atoms with E-state index in [1.807, 2.05) is 6.07 Å². The van der Waals surface area contributed by atoms with E-state index < -0.39 is 0 Å². The van der Waals surface area contributed by atoms with Gasteiger partial charge >= 0.3 is 0 Å². The molecular weight excluding hydrogens is 224 g/mol. The molecule has 1 aromatic heterocycles. The Balaban J connectivity index is 1.91. The molecule has 1 aliphatic rings. The lowest BCUT2D eigenvalue weighted by Crippen LogP contribution is -2.46. The first-order valence-corrected chi connectivity index (χ1v) is 7.18. The monoisotopic (exact) mass is 250 g/mol. The first kappa shape index (κ1) is 13.6. The third-order valence-electron chi connectivity index (χ3n) is 3.90. The summed E-state index contributed by atoms with van der Waals surface area (Å²) in [4.78, 5) is 2.59. The minimum Gasteiger partial charge on any atom is -0.469 e. The van der Waals surface area contributed by atoms with Crippen LogP contribution in [0.3, 0.4) is 0 Å². The average molecular weight is 250 g/mol. The van der Waals surface area contributed by atoms with Crippen LogP contribution in [0.1, 0.15) is 39.4 Å². The van der Waals surface area contributed by atoms with Gasteiger partial charge in [-0.2, -0.15) is 0 Å². The summed E-state index contributed by atoms with van der Waals surface area (Å²) in [7, 11) is 0. The van der Waals surface area contributed by atoms with Crippen LogP contribution in [-0.2, 0) is 6.42 Å². The van der Waals surface area contributed by atoms with Crippen LogP contribution in [0.2, 0.25) is 0 Å². The molecule has 1 fully saturated rings. The van der Waals surface area contributed by atoms with Gasteiger partial charge in [0.25, 0.3) is 0 Å². The molecule has 102 valence electrons. The number of furan rings is 1. The van der Waals surface area contributed by atoms with Crippen molar-refractivity contribution >= 4 is 0 Å². The maximum atomic E-state index is 5.46. The van der Waals surface area contributed by atoms with Crippen molar-refractivity contribution in [3.05, 3.63) is 24.2 Å². The molecule has 2 heterocycles. The Hall–Kier alpha value is -0.800. The summed E-state index contributed by atoms with van der Waals surface area (Å²) in [5.41, 5.74) is 0. The van der Waals surface area contributed by atoms with Gasteiger partial charge < -0.3 is 9.73 Å². The first-order valence-electron chi connectivity index (χ1n) is 7.18. The molecule has 0 saturated carbocycles. The van der Waals surface area contributed by atoms with Crippen LogP contribution < -0.4 is 5.32 Å². The average Bonchev–Trinajstić information content (AvgIpc) is 2.97. The van der Waals surface area contributed by atoms with Crippen LogP contribution in [0.4, 0.5) is 0 Å². The normalized spacial score (nSPS) is 21.9. The van der Waals surface area contributed by atoms with Crippen LogP contribution in [-0.4, -0.2) is 36.1 Å². The second kappa shape index (κ2) is 6.39. The first-order chi connectivity index (χ1) is 8.66. The van der Waals surface area contributed by atoms with Gasteiger partial charge in [0, 0.05) is 31.1 Å². The molecule has 3 nitrogen and oxygen atoms in total. The Labute approximate surface area is 111 Å². The van der Waals surface area contributed by atoms with Crippen molar-refractivity contribution in [1.29, 1.82) is 0 Å². The third-order valence-corrected chi connectivity index (χ3v) is 3.90. The van der Waals surface area contributed by atoms with Crippen molar-refractivity contribution in [2.24, 2.45) is 0 Å². The SMILES string of the molecule is CC(C)N(CC1CCCN1)C(C)Cc1ccco1. The van der Waals surface area contributed by atoms with Gasteiger partial charge in [0.2, 0.25) is 0 Å². The van der Waals surface area contributed by atoms with Crippen molar-refractivity contribution in [3.63, 3.8) is 0 Å². The van der Waals surface area contributed by atoms with Gasteiger partial charge in [-0.05, 0) is 52.3 Å². The predicted octanol–water partition coefficient (Wildman–Crippen LogP) is 2.67. The smallest absolute Gasteiger partial charge is 0.105 e. The summed E-state index contributed by atoms with van der Waals surface area (Å²) in [6.07, 6.45) is 5.40. The van der Waals surface area contributed by atoms with E-state index in [4.69, 9.17) is 4.42 Å². The van der Waals surface area contributed by atoms with Gasteiger partial charge in [-0.15, -0.1) is 0 Å². The van der Waals surface area contributed by atoms with Crippen molar-refractivity contribution in [3.8, 4) is 0 Å². The van der Waals surface area contributed by atoms with Gasteiger partial charge in [0.15, 0.2) is 0 Å². The molecule has 0 aromatic carbocycles. The molecule has 1 N–H and O–H groups in total. The van der Waals surface area contributed by atoms with Gasteiger partial charge in [0.05, 0.1) is 6.26 Å². The standard InChI is InChI=1S/C15H26N2O/c1-12(2)17(11-14-6-4-8-16-14)13(3)10-15-7-5-9-18-15/h5,7,9,12-14,16H,4,6,8,10-11H2,1-3H3. The molecule has 1 saturated heterocycles. The van der Waals surface area contributed by atoms with Crippen LogP contribution in [0.25, 0.3) is 0 Å². The second-order valence-corrected chi connectivity index (χ2v) is 5.72. The molecular formula is C15H26N2O. The summed E-state index contributed by atoms with van der Waals surface area (Å²) in [6.45, 7) is 9.21. The van der Waals surface area contributed by atoms with Crippen LogP contribution >= 0.6 is 0 Å². The van der Waals surface area contributed by atoms with E-state index in [0.717, 1.165) is 18.7 Å². The van der Waals surface area contributed by atoms with Gasteiger partial charge in [0.1, 0.15) is 5.76 Å². The van der Waals surface area contributed by atoms with Crippen LogP contribution in [0, 0.1) is 0 Å². The fraction of sp³-hybridized carbons (Fsp3) is 0.733. The molecule has 3 heteroatoms. The van der Waals surface area contributed by atoms with Gasteiger partial charge in [-0.1, -0.05) is 0 Å². The molecule has 0 bridgehead atoms. The van der Waals surface area contributed by atoms with Gasteiger partial charge in [-0.3, -0.25) is 4.90 Å². The molecule has 0 spiro atoms. The highest BCUT2D eigenvalue weighted by atomic mass is 16.3. The molecule has 2 rings (SSSR count). The Bertz CT molecular complexity index is 328. The topological polar surface area (TPSA) is 28.4 Å². The number of hydrogen-bond acceptors (Lipinski definition) is 3. The zero-order valence-electron chi connectivity index (χ0n) is 11.9. The minimum atomic E-state index is 0.526. The van der Waals surface area contributed by atoms with Crippen LogP contribution in [0.15, 0.2) is 22.8 Å². The number of rotatable bonds is 6.